The first-order valence-electron chi connectivity index (χ1n) is 17.4. The summed E-state index contributed by atoms with van der Waals surface area (Å²) in [6.07, 6.45) is 0.275. The van der Waals surface area contributed by atoms with Crippen molar-refractivity contribution in [2.24, 2.45) is 11.7 Å². The third kappa shape index (κ3) is 14.6. The summed E-state index contributed by atoms with van der Waals surface area (Å²) >= 11 is 0. The van der Waals surface area contributed by atoms with E-state index in [0.717, 1.165) is 17.5 Å². The van der Waals surface area contributed by atoms with Gasteiger partial charge in [0.1, 0.15) is 29.3 Å². The lowest BCUT2D eigenvalue weighted by molar-refractivity contribution is -0.159. The minimum absolute atomic E-state index is 0.114. The molecule has 0 spiro atoms. The molecular weight excluding hydrogens is 636 g/mol. The number of carbonyl (C=O) groups excluding carboxylic acids is 5. The van der Waals surface area contributed by atoms with Crippen molar-refractivity contribution >= 4 is 29.8 Å². The Morgan fingerprint density at radius 1 is 0.760 bits per heavy atom. The highest BCUT2D eigenvalue weighted by atomic mass is 16.6. The Labute approximate surface area is 298 Å². The quantitative estimate of drug-likeness (QED) is 0.184. The Morgan fingerprint density at radius 2 is 1.34 bits per heavy atom. The van der Waals surface area contributed by atoms with Crippen LogP contribution in [0.1, 0.15) is 111 Å². The number of hydrogen-bond acceptors (Lipinski definition) is 7. The van der Waals surface area contributed by atoms with Crippen LogP contribution in [0.4, 0.5) is 4.79 Å². The minimum atomic E-state index is -1.24. The predicted molar refractivity (Wildman–Crippen MR) is 194 cm³/mol. The van der Waals surface area contributed by atoms with Crippen LogP contribution < -0.4 is 16.4 Å². The molecule has 11 heteroatoms. The highest BCUT2D eigenvalue weighted by molar-refractivity contribution is 5.94. The van der Waals surface area contributed by atoms with E-state index in [1.165, 1.54) is 4.90 Å². The van der Waals surface area contributed by atoms with Gasteiger partial charge in [0, 0.05) is 18.9 Å². The fourth-order valence-electron chi connectivity index (χ4n) is 5.34. The Kier molecular flexibility index (Phi) is 15.5. The van der Waals surface area contributed by atoms with Gasteiger partial charge < -0.3 is 30.7 Å². The average molecular weight is 695 g/mol. The van der Waals surface area contributed by atoms with E-state index in [-0.39, 0.29) is 19.3 Å². The van der Waals surface area contributed by atoms with E-state index in [4.69, 9.17) is 15.2 Å². The van der Waals surface area contributed by atoms with Crippen molar-refractivity contribution < 1.29 is 33.4 Å². The molecule has 0 aromatic heterocycles. The van der Waals surface area contributed by atoms with E-state index < -0.39 is 65.2 Å². The number of aryl methyl sites for hydroxylation is 1. The zero-order chi connectivity index (χ0) is 37.8. The zero-order valence-corrected chi connectivity index (χ0v) is 31.5. The number of primary amides is 1. The fraction of sp³-hybridized carbons (Fsp3) is 0.564. The Hall–Kier alpha value is -4.41. The van der Waals surface area contributed by atoms with Crippen molar-refractivity contribution in [3.05, 3.63) is 71.3 Å². The number of alkyl carbamates (subject to hydrolysis) is 1. The fourth-order valence-corrected chi connectivity index (χ4v) is 5.34. The summed E-state index contributed by atoms with van der Waals surface area (Å²) in [7, 11) is 0. The summed E-state index contributed by atoms with van der Waals surface area (Å²) in [4.78, 5) is 69.4. The van der Waals surface area contributed by atoms with E-state index in [2.05, 4.69) is 24.5 Å². The molecule has 0 radical (unpaired) electrons. The molecule has 0 saturated carbocycles. The van der Waals surface area contributed by atoms with Gasteiger partial charge in [-0.05, 0) is 91.7 Å². The summed E-state index contributed by atoms with van der Waals surface area (Å²) < 4.78 is 11.2. The number of ether oxygens (including phenoxy) is 2. The highest BCUT2D eigenvalue weighted by Gasteiger charge is 2.40. The zero-order valence-electron chi connectivity index (χ0n) is 31.5. The second-order valence-electron chi connectivity index (χ2n) is 15.4. The van der Waals surface area contributed by atoms with E-state index in [0.29, 0.717) is 17.9 Å². The normalized spacial score (nSPS) is 14.1. The SMILES string of the molecule is Cc1ccc(C(C(=O)NC(Cc2ccccc2)C(=O)OC(C)(C)C)N(C(=O)C(CCC(N)=O)NC(=O)OC(C)(C)C)C(C)CCC(C)C)cc1. The number of amides is 4. The van der Waals surface area contributed by atoms with Gasteiger partial charge in [-0.2, -0.15) is 0 Å². The first-order valence-corrected chi connectivity index (χ1v) is 17.4. The lowest BCUT2D eigenvalue weighted by Gasteiger charge is -2.39. The van der Waals surface area contributed by atoms with Gasteiger partial charge in [0.15, 0.2) is 0 Å². The molecule has 4 N–H and O–H groups in total. The molecule has 4 amide bonds. The van der Waals surface area contributed by atoms with Crippen molar-refractivity contribution in [2.75, 3.05) is 0 Å². The molecule has 2 aromatic carbocycles. The van der Waals surface area contributed by atoms with Crippen LogP contribution in [-0.2, 0) is 35.1 Å². The molecule has 0 aliphatic rings. The van der Waals surface area contributed by atoms with Gasteiger partial charge >= 0.3 is 12.1 Å². The first kappa shape index (κ1) is 41.8. The molecule has 2 aromatic rings. The van der Waals surface area contributed by atoms with Crippen molar-refractivity contribution in [1.82, 2.24) is 15.5 Å². The van der Waals surface area contributed by atoms with Gasteiger partial charge in [-0.3, -0.25) is 14.4 Å². The van der Waals surface area contributed by atoms with Crippen LogP contribution in [0.15, 0.2) is 54.6 Å². The molecule has 0 aliphatic heterocycles. The Bertz CT molecular complexity index is 1430. The van der Waals surface area contributed by atoms with Gasteiger partial charge in [-0.1, -0.05) is 74.0 Å². The second-order valence-corrected chi connectivity index (χ2v) is 15.4. The molecule has 0 bridgehead atoms. The standard InChI is InChI=1S/C39H58N4O7/c1-25(2)16-19-27(4)43(35(46)30(22-23-32(40)44)42-37(48)50-39(8,9)10)33(29-20-17-26(3)18-21-29)34(45)41-31(36(47)49-38(5,6)7)24-28-14-12-11-13-15-28/h11-15,17-18,20-21,25,27,30-31,33H,16,19,22-24H2,1-10H3,(H2,40,44)(H,41,45)(H,42,48). The topological polar surface area (TPSA) is 157 Å². The maximum atomic E-state index is 14.8. The largest absolute Gasteiger partial charge is 0.458 e. The smallest absolute Gasteiger partial charge is 0.408 e. The van der Waals surface area contributed by atoms with Crippen LogP contribution in [0, 0.1) is 12.8 Å². The molecule has 2 rings (SSSR count). The maximum Gasteiger partial charge on any atom is 0.408 e. The molecule has 0 heterocycles. The lowest BCUT2D eigenvalue weighted by Crippen LogP contribution is -2.57. The monoisotopic (exact) mass is 694 g/mol. The molecule has 0 saturated heterocycles. The van der Waals surface area contributed by atoms with Crippen LogP contribution in [0.3, 0.4) is 0 Å². The molecule has 50 heavy (non-hydrogen) atoms. The number of nitrogens with two attached hydrogens (primary N) is 1. The first-order chi connectivity index (χ1) is 23.2. The number of nitrogens with one attached hydrogen (secondary N) is 2. The van der Waals surface area contributed by atoms with Crippen molar-refractivity contribution in [3.63, 3.8) is 0 Å². The summed E-state index contributed by atoms with van der Waals surface area (Å²) in [5.41, 5.74) is 6.06. The summed E-state index contributed by atoms with van der Waals surface area (Å²) in [5.74, 6) is -2.16. The number of nitrogens with zero attached hydrogens (tertiary/aromatic N) is 1. The predicted octanol–water partition coefficient (Wildman–Crippen LogP) is 5.92. The van der Waals surface area contributed by atoms with Crippen LogP contribution >= 0.6 is 0 Å². The molecular formula is C39H58N4O7. The average Bonchev–Trinajstić information content (AvgIpc) is 2.99. The van der Waals surface area contributed by atoms with E-state index in [1.54, 1.807) is 53.7 Å². The van der Waals surface area contributed by atoms with Gasteiger partial charge in [0.05, 0.1) is 0 Å². The maximum absolute atomic E-state index is 14.8. The van der Waals surface area contributed by atoms with Gasteiger partial charge in [0.2, 0.25) is 17.7 Å². The molecule has 276 valence electrons. The van der Waals surface area contributed by atoms with Crippen molar-refractivity contribution in [3.8, 4) is 0 Å². The number of benzene rings is 2. The minimum Gasteiger partial charge on any atom is -0.458 e. The number of hydrogen-bond donors (Lipinski definition) is 3. The third-order valence-corrected chi connectivity index (χ3v) is 7.77. The molecule has 11 nitrogen and oxygen atoms in total. The number of rotatable bonds is 16. The summed E-state index contributed by atoms with van der Waals surface area (Å²) in [6, 6.07) is 12.4. The second kappa shape index (κ2) is 18.5. The molecule has 0 fully saturated rings. The van der Waals surface area contributed by atoms with E-state index >= 15 is 0 Å². The van der Waals surface area contributed by atoms with Gasteiger partial charge in [0.25, 0.3) is 0 Å². The molecule has 0 aliphatic carbocycles. The summed E-state index contributed by atoms with van der Waals surface area (Å²) in [6.45, 7) is 18.2. The highest BCUT2D eigenvalue weighted by Crippen LogP contribution is 2.29. The molecule has 4 atom stereocenters. The third-order valence-electron chi connectivity index (χ3n) is 7.77. The van der Waals surface area contributed by atoms with E-state index in [1.807, 2.05) is 56.3 Å². The number of carbonyl (C=O) groups is 5. The number of esters is 1. The van der Waals surface area contributed by atoms with Gasteiger partial charge in [-0.25, -0.2) is 9.59 Å². The van der Waals surface area contributed by atoms with Crippen molar-refractivity contribution in [2.45, 2.75) is 137 Å². The Balaban J connectivity index is 2.71. The van der Waals surface area contributed by atoms with Crippen molar-refractivity contribution in [1.29, 1.82) is 0 Å². The lowest BCUT2D eigenvalue weighted by atomic mass is 9.95. The Morgan fingerprint density at radius 3 is 1.86 bits per heavy atom. The van der Waals surface area contributed by atoms with Crippen LogP contribution in [0.2, 0.25) is 0 Å². The van der Waals surface area contributed by atoms with Crippen LogP contribution in [0.5, 0.6) is 0 Å². The van der Waals surface area contributed by atoms with Crippen LogP contribution in [-0.4, -0.2) is 64.0 Å². The van der Waals surface area contributed by atoms with Gasteiger partial charge in [-0.15, -0.1) is 0 Å². The summed E-state index contributed by atoms with van der Waals surface area (Å²) in [5, 5.41) is 5.56. The van der Waals surface area contributed by atoms with Crippen LogP contribution in [0.25, 0.3) is 0 Å². The van der Waals surface area contributed by atoms with E-state index in [9.17, 15) is 24.0 Å². The molecule has 4 unspecified atom stereocenters.